The van der Waals surface area contributed by atoms with Gasteiger partial charge in [-0.25, -0.2) is 19.7 Å². The smallest absolute Gasteiger partial charge is 0.475 e. The standard InChI is InChI=1S/C28H33N7S.C2HF3O2/c1-19-5-4-14-35(19)24-9-3-8-23(16-24)32-27-25-28(36-18-31-25)34-26(33-27)21-7-2-6-20(15-21)17-30-22-10-12-29-13-11-22;3-2(4,5)1(6)7/h2-3,6-9,15-16,18-19,22,29-30H,4-5,10-14,17H2,1H3,(H,32,33,34);(H,6,7). The second kappa shape index (κ2) is 13.7. The molecular formula is C30H34F3N7O2S. The first-order valence-corrected chi connectivity index (χ1v) is 15.1. The number of hydrogen-bond acceptors (Lipinski definition) is 9. The molecule has 0 radical (unpaired) electrons. The van der Waals surface area contributed by atoms with Crippen molar-refractivity contribution in [2.75, 3.05) is 29.9 Å². The molecule has 2 aromatic heterocycles. The number of nitrogens with one attached hydrogen (secondary N) is 3. The second-order valence-corrected chi connectivity index (χ2v) is 11.5. The highest BCUT2D eigenvalue weighted by Crippen LogP contribution is 2.32. The second-order valence-electron chi connectivity index (χ2n) is 10.7. The van der Waals surface area contributed by atoms with Crippen LogP contribution in [0.2, 0.25) is 0 Å². The molecule has 6 rings (SSSR count). The summed E-state index contributed by atoms with van der Waals surface area (Å²) in [6.07, 6.45) is -0.228. The van der Waals surface area contributed by atoms with Gasteiger partial charge in [-0.15, -0.1) is 11.3 Å². The van der Waals surface area contributed by atoms with Gasteiger partial charge in [-0.2, -0.15) is 13.2 Å². The lowest BCUT2D eigenvalue weighted by atomic mass is 10.1. The van der Waals surface area contributed by atoms with E-state index in [1.54, 1.807) is 11.3 Å². The first-order valence-electron chi connectivity index (χ1n) is 14.3. The SMILES string of the molecule is CC1CCCN1c1cccc(Nc2nc(-c3cccc(CNC4CCNCC4)c3)nc3scnc23)c1.O=C(O)C(F)(F)F. The Morgan fingerprint density at radius 3 is 2.60 bits per heavy atom. The van der Waals surface area contributed by atoms with Crippen molar-refractivity contribution in [3.63, 3.8) is 0 Å². The van der Waals surface area contributed by atoms with Crippen LogP contribution in [0.15, 0.2) is 54.0 Å². The fourth-order valence-electron chi connectivity index (χ4n) is 5.30. The molecule has 0 aliphatic carbocycles. The number of nitrogens with zero attached hydrogens (tertiary/aromatic N) is 4. The average Bonchev–Trinajstić information content (AvgIpc) is 3.66. The van der Waals surface area contributed by atoms with Crippen LogP contribution >= 0.6 is 11.3 Å². The van der Waals surface area contributed by atoms with E-state index < -0.39 is 12.1 Å². The average molecular weight is 614 g/mol. The van der Waals surface area contributed by atoms with Crippen LogP contribution in [0.25, 0.3) is 21.7 Å². The molecule has 228 valence electrons. The lowest BCUT2D eigenvalue weighted by Crippen LogP contribution is -2.39. The highest BCUT2D eigenvalue weighted by atomic mass is 32.1. The molecular weight excluding hydrogens is 579 g/mol. The molecule has 0 bridgehead atoms. The normalized spacial score (nSPS) is 17.5. The quantitative estimate of drug-likeness (QED) is 0.200. The number of halogens is 3. The van der Waals surface area contributed by atoms with E-state index in [2.05, 4.69) is 81.3 Å². The molecule has 2 aromatic carbocycles. The van der Waals surface area contributed by atoms with Crippen molar-refractivity contribution < 1.29 is 23.1 Å². The largest absolute Gasteiger partial charge is 0.490 e. The fourth-order valence-corrected chi connectivity index (χ4v) is 5.96. The minimum atomic E-state index is -5.08. The number of fused-ring (bicyclic) bond motifs is 1. The number of benzene rings is 2. The van der Waals surface area contributed by atoms with Crippen LogP contribution in [-0.4, -0.2) is 63.9 Å². The number of rotatable bonds is 7. The van der Waals surface area contributed by atoms with Gasteiger partial charge in [0.25, 0.3) is 0 Å². The summed E-state index contributed by atoms with van der Waals surface area (Å²) in [5, 5.41) is 17.8. The highest BCUT2D eigenvalue weighted by Gasteiger charge is 2.38. The Morgan fingerprint density at radius 2 is 1.88 bits per heavy atom. The Morgan fingerprint density at radius 1 is 1.12 bits per heavy atom. The van der Waals surface area contributed by atoms with Crippen molar-refractivity contribution in [2.24, 2.45) is 0 Å². The predicted molar refractivity (Wildman–Crippen MR) is 163 cm³/mol. The van der Waals surface area contributed by atoms with E-state index in [0.29, 0.717) is 12.1 Å². The summed E-state index contributed by atoms with van der Waals surface area (Å²) >= 11 is 1.55. The molecule has 43 heavy (non-hydrogen) atoms. The summed E-state index contributed by atoms with van der Waals surface area (Å²) < 4.78 is 31.7. The number of anilines is 3. The molecule has 2 saturated heterocycles. The van der Waals surface area contributed by atoms with Gasteiger partial charge in [-0.05, 0) is 75.5 Å². The van der Waals surface area contributed by atoms with Gasteiger partial charge in [0.1, 0.15) is 10.3 Å². The van der Waals surface area contributed by atoms with Gasteiger partial charge in [0.05, 0.1) is 5.51 Å². The third-order valence-electron chi connectivity index (χ3n) is 7.55. The lowest BCUT2D eigenvalue weighted by molar-refractivity contribution is -0.192. The van der Waals surface area contributed by atoms with Crippen LogP contribution in [0.5, 0.6) is 0 Å². The zero-order chi connectivity index (χ0) is 30.4. The number of hydrogen-bond donors (Lipinski definition) is 4. The number of aliphatic carboxylic acids is 1. The number of carboxylic acid groups (broad SMARTS) is 1. The lowest BCUT2D eigenvalue weighted by Gasteiger charge is -2.24. The summed E-state index contributed by atoms with van der Waals surface area (Å²) in [5.41, 5.74) is 7.20. The van der Waals surface area contributed by atoms with E-state index in [1.165, 1.54) is 36.9 Å². The number of carbonyl (C=O) groups is 1. The minimum absolute atomic E-state index is 0.577. The first-order chi connectivity index (χ1) is 20.7. The van der Waals surface area contributed by atoms with Crippen LogP contribution in [0.4, 0.5) is 30.4 Å². The van der Waals surface area contributed by atoms with Gasteiger partial charge in [-0.1, -0.05) is 24.3 Å². The maximum Gasteiger partial charge on any atom is 0.490 e. The summed E-state index contributed by atoms with van der Waals surface area (Å²) in [6.45, 7) is 6.46. The van der Waals surface area contributed by atoms with Crippen molar-refractivity contribution in [1.29, 1.82) is 0 Å². The molecule has 2 aliphatic rings. The molecule has 9 nitrogen and oxygen atoms in total. The van der Waals surface area contributed by atoms with Gasteiger partial charge in [0.2, 0.25) is 0 Å². The van der Waals surface area contributed by atoms with E-state index in [4.69, 9.17) is 19.9 Å². The van der Waals surface area contributed by atoms with E-state index in [1.807, 2.05) is 5.51 Å². The topological polar surface area (TPSA) is 115 Å². The van der Waals surface area contributed by atoms with Crippen molar-refractivity contribution in [3.05, 3.63) is 59.6 Å². The van der Waals surface area contributed by atoms with Gasteiger partial charge < -0.3 is 26.0 Å². The molecule has 0 spiro atoms. The van der Waals surface area contributed by atoms with Crippen LogP contribution in [0.1, 0.15) is 38.2 Å². The van der Waals surface area contributed by atoms with Crippen molar-refractivity contribution in [1.82, 2.24) is 25.6 Å². The van der Waals surface area contributed by atoms with E-state index >= 15 is 0 Å². The molecule has 1 unspecified atom stereocenters. The maximum atomic E-state index is 10.6. The van der Waals surface area contributed by atoms with Crippen LogP contribution in [0.3, 0.4) is 0 Å². The van der Waals surface area contributed by atoms with Gasteiger partial charge >= 0.3 is 12.1 Å². The number of piperidine rings is 1. The number of alkyl halides is 3. The Hall–Kier alpha value is -3.81. The van der Waals surface area contributed by atoms with Gasteiger partial charge in [0, 0.05) is 42.1 Å². The Balaban J connectivity index is 0.000000472. The summed E-state index contributed by atoms with van der Waals surface area (Å²) in [4.78, 5) is 26.6. The molecule has 4 aromatic rings. The van der Waals surface area contributed by atoms with Crippen molar-refractivity contribution in [2.45, 2.75) is 57.4 Å². The molecule has 0 amide bonds. The fraction of sp³-hybridized carbons (Fsp3) is 0.400. The molecule has 1 atom stereocenters. The van der Waals surface area contributed by atoms with E-state index in [0.717, 1.165) is 59.4 Å². The predicted octanol–water partition coefficient (Wildman–Crippen LogP) is 5.96. The first kappa shape index (κ1) is 30.6. The number of aromatic nitrogens is 3. The van der Waals surface area contributed by atoms with Crippen molar-refractivity contribution >= 4 is 44.8 Å². The zero-order valence-electron chi connectivity index (χ0n) is 23.7. The van der Waals surface area contributed by atoms with Crippen molar-refractivity contribution in [3.8, 4) is 11.4 Å². The molecule has 4 N–H and O–H groups in total. The monoisotopic (exact) mass is 613 g/mol. The van der Waals surface area contributed by atoms with Crippen LogP contribution < -0.4 is 20.9 Å². The number of thiazole rings is 1. The van der Waals surface area contributed by atoms with Crippen LogP contribution in [-0.2, 0) is 11.3 Å². The maximum absolute atomic E-state index is 10.6. The highest BCUT2D eigenvalue weighted by molar-refractivity contribution is 7.16. The zero-order valence-corrected chi connectivity index (χ0v) is 24.5. The number of carboxylic acids is 1. The molecule has 13 heteroatoms. The third kappa shape index (κ3) is 7.98. The molecule has 0 saturated carbocycles. The van der Waals surface area contributed by atoms with Gasteiger partial charge in [0.15, 0.2) is 11.6 Å². The molecule has 2 fully saturated rings. The Kier molecular flexibility index (Phi) is 9.73. The minimum Gasteiger partial charge on any atom is -0.475 e. The van der Waals surface area contributed by atoms with Crippen LogP contribution in [0, 0.1) is 0 Å². The third-order valence-corrected chi connectivity index (χ3v) is 8.27. The molecule has 4 heterocycles. The summed E-state index contributed by atoms with van der Waals surface area (Å²) in [7, 11) is 0. The molecule has 2 aliphatic heterocycles. The summed E-state index contributed by atoms with van der Waals surface area (Å²) in [6, 6.07) is 18.3. The van der Waals surface area contributed by atoms with E-state index in [9.17, 15) is 13.2 Å². The summed E-state index contributed by atoms with van der Waals surface area (Å²) in [5.74, 6) is -1.28. The van der Waals surface area contributed by atoms with Gasteiger partial charge in [-0.3, -0.25) is 0 Å². The Bertz CT molecular complexity index is 1540. The Labute approximate surface area is 251 Å². The van der Waals surface area contributed by atoms with E-state index in [-0.39, 0.29) is 0 Å².